The SMILES string of the molecule is COc1ccccc1C1CN(C(=O)c2cnc(C)cn2)CCN1C. The van der Waals surface area contributed by atoms with Crippen molar-refractivity contribution in [2.24, 2.45) is 0 Å². The van der Waals surface area contributed by atoms with E-state index >= 15 is 0 Å². The van der Waals surface area contributed by atoms with E-state index in [-0.39, 0.29) is 11.9 Å². The van der Waals surface area contributed by atoms with Crippen LogP contribution >= 0.6 is 0 Å². The van der Waals surface area contributed by atoms with Gasteiger partial charge >= 0.3 is 0 Å². The van der Waals surface area contributed by atoms with Crippen LogP contribution in [0.25, 0.3) is 0 Å². The van der Waals surface area contributed by atoms with Gasteiger partial charge in [0.05, 0.1) is 25.0 Å². The van der Waals surface area contributed by atoms with Gasteiger partial charge in [0.25, 0.3) is 5.91 Å². The van der Waals surface area contributed by atoms with Crippen molar-refractivity contribution in [3.8, 4) is 5.75 Å². The molecule has 0 saturated carbocycles. The molecule has 1 atom stereocenters. The summed E-state index contributed by atoms with van der Waals surface area (Å²) in [6.07, 6.45) is 3.18. The number of rotatable bonds is 3. The highest BCUT2D eigenvalue weighted by Gasteiger charge is 2.31. The molecule has 1 aromatic carbocycles. The maximum absolute atomic E-state index is 12.7. The van der Waals surface area contributed by atoms with Crippen LogP contribution in [0.15, 0.2) is 36.7 Å². The minimum Gasteiger partial charge on any atom is -0.496 e. The summed E-state index contributed by atoms with van der Waals surface area (Å²) in [7, 11) is 3.75. The summed E-state index contributed by atoms with van der Waals surface area (Å²) in [5, 5.41) is 0. The Kier molecular flexibility index (Phi) is 4.76. The number of aromatic nitrogens is 2. The van der Waals surface area contributed by atoms with E-state index in [1.54, 1.807) is 19.5 Å². The summed E-state index contributed by atoms with van der Waals surface area (Å²) in [6.45, 7) is 3.93. The lowest BCUT2D eigenvalue weighted by molar-refractivity contribution is 0.0536. The molecule has 0 bridgehead atoms. The summed E-state index contributed by atoms with van der Waals surface area (Å²) in [4.78, 5) is 25.2. The van der Waals surface area contributed by atoms with Crippen LogP contribution in [0.1, 0.15) is 27.8 Å². The smallest absolute Gasteiger partial charge is 0.274 e. The Balaban J connectivity index is 1.83. The number of nitrogens with zero attached hydrogens (tertiary/aromatic N) is 4. The van der Waals surface area contributed by atoms with Gasteiger partial charge in [-0.15, -0.1) is 0 Å². The van der Waals surface area contributed by atoms with Crippen LogP contribution in [0.4, 0.5) is 0 Å². The number of carbonyl (C=O) groups excluding carboxylic acids is 1. The summed E-state index contributed by atoms with van der Waals surface area (Å²) < 4.78 is 5.49. The molecule has 0 radical (unpaired) electrons. The van der Waals surface area contributed by atoms with Gasteiger partial charge in [0, 0.05) is 31.4 Å². The Morgan fingerprint density at radius 2 is 2.00 bits per heavy atom. The molecule has 6 heteroatoms. The van der Waals surface area contributed by atoms with E-state index in [0.717, 1.165) is 23.6 Å². The van der Waals surface area contributed by atoms with E-state index in [9.17, 15) is 4.79 Å². The molecule has 0 aliphatic carbocycles. The van der Waals surface area contributed by atoms with Crippen LogP contribution in [0, 0.1) is 6.92 Å². The third-order valence-corrected chi connectivity index (χ3v) is 4.43. The topological polar surface area (TPSA) is 58.6 Å². The standard InChI is InChI=1S/C18H22N4O2/c1-13-10-20-15(11-19-13)18(23)22-9-8-21(2)16(12-22)14-6-4-5-7-17(14)24-3/h4-7,10-11,16H,8-9,12H2,1-3H3. The Morgan fingerprint density at radius 3 is 2.71 bits per heavy atom. The second-order valence-electron chi connectivity index (χ2n) is 6.03. The summed E-state index contributed by atoms with van der Waals surface area (Å²) in [5.41, 5.74) is 2.29. The molecule has 0 N–H and O–H groups in total. The molecule has 126 valence electrons. The van der Waals surface area contributed by atoms with Crippen molar-refractivity contribution >= 4 is 5.91 Å². The number of hydrogen-bond acceptors (Lipinski definition) is 5. The largest absolute Gasteiger partial charge is 0.496 e. The van der Waals surface area contributed by atoms with Crippen LogP contribution in [0.3, 0.4) is 0 Å². The molecule has 1 fully saturated rings. The minimum atomic E-state index is -0.0736. The maximum Gasteiger partial charge on any atom is 0.274 e. The number of para-hydroxylation sites is 1. The minimum absolute atomic E-state index is 0.0736. The van der Waals surface area contributed by atoms with Gasteiger partial charge in [0.1, 0.15) is 11.4 Å². The molecule has 1 aromatic heterocycles. The van der Waals surface area contributed by atoms with Crippen molar-refractivity contribution in [1.29, 1.82) is 0 Å². The van der Waals surface area contributed by atoms with Gasteiger partial charge < -0.3 is 9.64 Å². The molecule has 1 aliphatic rings. The fraction of sp³-hybridized carbons (Fsp3) is 0.389. The average molecular weight is 326 g/mol. The molecule has 1 aliphatic heterocycles. The first-order valence-corrected chi connectivity index (χ1v) is 8.01. The van der Waals surface area contributed by atoms with E-state index < -0.39 is 0 Å². The van der Waals surface area contributed by atoms with E-state index in [2.05, 4.69) is 28.0 Å². The molecule has 2 aromatic rings. The Morgan fingerprint density at radius 1 is 1.21 bits per heavy atom. The third-order valence-electron chi connectivity index (χ3n) is 4.43. The van der Waals surface area contributed by atoms with Gasteiger partial charge in [-0.3, -0.25) is 14.7 Å². The highest BCUT2D eigenvalue weighted by atomic mass is 16.5. The number of likely N-dealkylation sites (N-methyl/N-ethyl adjacent to an activating group) is 1. The van der Waals surface area contributed by atoms with E-state index in [1.165, 1.54) is 0 Å². The Bertz CT molecular complexity index is 717. The van der Waals surface area contributed by atoms with Gasteiger partial charge in [-0.05, 0) is 20.0 Å². The molecule has 1 saturated heterocycles. The number of methoxy groups -OCH3 is 1. The first-order valence-electron chi connectivity index (χ1n) is 8.01. The van der Waals surface area contributed by atoms with Crippen LogP contribution in [-0.2, 0) is 0 Å². The van der Waals surface area contributed by atoms with E-state index in [4.69, 9.17) is 4.74 Å². The lowest BCUT2D eigenvalue weighted by Gasteiger charge is -2.39. The number of benzene rings is 1. The van der Waals surface area contributed by atoms with Crippen molar-refractivity contribution in [1.82, 2.24) is 19.8 Å². The van der Waals surface area contributed by atoms with Gasteiger partial charge in [0.15, 0.2) is 0 Å². The van der Waals surface area contributed by atoms with Crippen LogP contribution < -0.4 is 4.74 Å². The van der Waals surface area contributed by atoms with Crippen molar-refractivity contribution in [2.45, 2.75) is 13.0 Å². The molecular formula is C18H22N4O2. The quantitative estimate of drug-likeness (QED) is 0.862. The van der Waals surface area contributed by atoms with Gasteiger partial charge in [-0.2, -0.15) is 0 Å². The molecular weight excluding hydrogens is 304 g/mol. The summed E-state index contributed by atoms with van der Waals surface area (Å²) in [5.74, 6) is 0.772. The normalized spacial score (nSPS) is 18.5. The zero-order chi connectivity index (χ0) is 17.1. The number of ether oxygens (including phenoxy) is 1. The van der Waals surface area contributed by atoms with Crippen LogP contribution in [0.2, 0.25) is 0 Å². The molecule has 3 rings (SSSR count). The predicted molar refractivity (Wildman–Crippen MR) is 91.0 cm³/mol. The molecule has 1 unspecified atom stereocenters. The fourth-order valence-corrected chi connectivity index (χ4v) is 3.00. The van der Waals surface area contributed by atoms with Crippen molar-refractivity contribution in [3.05, 3.63) is 53.6 Å². The number of hydrogen-bond donors (Lipinski definition) is 0. The van der Waals surface area contributed by atoms with Crippen molar-refractivity contribution < 1.29 is 9.53 Å². The molecule has 24 heavy (non-hydrogen) atoms. The van der Waals surface area contributed by atoms with E-state index in [1.807, 2.05) is 30.0 Å². The van der Waals surface area contributed by atoms with Gasteiger partial charge in [-0.25, -0.2) is 4.98 Å². The second kappa shape index (κ2) is 6.97. The number of carbonyl (C=O) groups is 1. The maximum atomic E-state index is 12.7. The van der Waals surface area contributed by atoms with Gasteiger partial charge in [-0.1, -0.05) is 18.2 Å². The van der Waals surface area contributed by atoms with Crippen molar-refractivity contribution in [3.63, 3.8) is 0 Å². The Hall–Kier alpha value is -2.47. The molecule has 6 nitrogen and oxygen atoms in total. The van der Waals surface area contributed by atoms with Crippen LogP contribution in [-0.4, -0.2) is 59.5 Å². The highest BCUT2D eigenvalue weighted by molar-refractivity contribution is 5.92. The summed E-state index contributed by atoms with van der Waals surface area (Å²) >= 11 is 0. The monoisotopic (exact) mass is 326 g/mol. The first-order chi connectivity index (χ1) is 11.6. The first kappa shape index (κ1) is 16.4. The fourth-order valence-electron chi connectivity index (χ4n) is 3.00. The highest BCUT2D eigenvalue weighted by Crippen LogP contribution is 2.31. The summed E-state index contributed by atoms with van der Waals surface area (Å²) in [6, 6.07) is 8.06. The predicted octanol–water partition coefficient (Wildman–Crippen LogP) is 1.92. The molecule has 0 spiro atoms. The van der Waals surface area contributed by atoms with Gasteiger partial charge in [0.2, 0.25) is 0 Å². The molecule has 2 heterocycles. The van der Waals surface area contributed by atoms with Crippen LogP contribution in [0.5, 0.6) is 5.75 Å². The Labute approximate surface area is 142 Å². The zero-order valence-electron chi connectivity index (χ0n) is 14.3. The average Bonchev–Trinajstić information content (AvgIpc) is 2.62. The zero-order valence-corrected chi connectivity index (χ0v) is 14.3. The number of piperazine rings is 1. The lowest BCUT2D eigenvalue weighted by Crippen LogP contribution is -2.49. The van der Waals surface area contributed by atoms with Crippen molar-refractivity contribution in [2.75, 3.05) is 33.8 Å². The second-order valence-corrected chi connectivity index (χ2v) is 6.03. The van der Waals surface area contributed by atoms with E-state index in [0.29, 0.717) is 18.8 Å². The third kappa shape index (κ3) is 3.23. The number of amides is 1. The molecule has 1 amide bonds. The number of aryl methyl sites for hydroxylation is 1. The lowest BCUT2D eigenvalue weighted by atomic mass is 10.0.